The molecule has 13 heteroatoms. The Bertz CT molecular complexity index is 1110. The summed E-state index contributed by atoms with van der Waals surface area (Å²) < 4.78 is 35.7. The fourth-order valence-corrected chi connectivity index (χ4v) is 6.83. The molecule has 0 aliphatic heterocycles. The normalized spacial score (nSPS) is 13.5. The van der Waals surface area contributed by atoms with E-state index >= 15 is 0 Å². The van der Waals surface area contributed by atoms with Crippen LogP contribution in [0, 0.1) is 0 Å². The predicted octanol–water partition coefficient (Wildman–Crippen LogP) is 9.28. The van der Waals surface area contributed by atoms with E-state index in [1.54, 1.807) is 0 Å². The third-order valence-electron chi connectivity index (χ3n) is 9.55. The number of likely N-dealkylation sites (N-methyl/N-ethyl adjacent to an activating group) is 1. The Balaban J connectivity index is 2.42. The van der Waals surface area contributed by atoms with E-state index in [0.29, 0.717) is 29.6 Å². The van der Waals surface area contributed by atoms with Crippen LogP contribution in [-0.2, 0) is 45.6 Å². The van der Waals surface area contributed by atoms with Crippen molar-refractivity contribution in [2.24, 2.45) is 0 Å². The zero-order chi connectivity index (χ0) is 39.8. The maximum absolute atomic E-state index is 12.8. The summed E-state index contributed by atoms with van der Waals surface area (Å²) in [6.07, 6.45) is 29.7. The van der Waals surface area contributed by atoms with Gasteiger partial charge in [0.05, 0.1) is 39.9 Å². The molecule has 0 fully saturated rings. The van der Waals surface area contributed by atoms with E-state index in [1.165, 1.54) is 116 Å². The van der Waals surface area contributed by atoms with E-state index in [9.17, 15) is 19.0 Å². The molecule has 0 aromatic carbocycles. The molecule has 2 atom stereocenters. The fraction of sp³-hybridized carbons (Fsp3) is 0.902. The van der Waals surface area contributed by atoms with Crippen LogP contribution in [0.3, 0.4) is 0 Å². The van der Waals surface area contributed by atoms with Gasteiger partial charge >= 0.3 is 11.9 Å². The van der Waals surface area contributed by atoms with Crippen molar-refractivity contribution in [1.29, 1.82) is 0 Å². The monoisotopic (exact) mass is 787 g/mol. The minimum absolute atomic E-state index is 0.00932. The molecular formula is C41H79N4O8P. The molecule has 0 saturated heterocycles. The highest BCUT2D eigenvalue weighted by atomic mass is 31.2. The van der Waals surface area contributed by atoms with Gasteiger partial charge in [-0.15, -0.1) is 5.10 Å². The SMILES string of the molecule is CCCCCCCCCCCCCCCC(=O)OC[C@H](COP(=O)([O-])OCC[N+](C)(C)C)OC(=O)CCc1cn(CCCCCCCCCCCC)nn1. The van der Waals surface area contributed by atoms with E-state index in [0.717, 1.165) is 32.2 Å². The number of ether oxygens (including phenoxy) is 2. The first-order valence-corrected chi connectivity index (χ1v) is 23.0. The summed E-state index contributed by atoms with van der Waals surface area (Å²) in [7, 11) is 1.09. The van der Waals surface area contributed by atoms with Crippen molar-refractivity contribution >= 4 is 19.8 Å². The largest absolute Gasteiger partial charge is 0.756 e. The Morgan fingerprint density at radius 2 is 1.20 bits per heavy atom. The summed E-state index contributed by atoms with van der Waals surface area (Å²) in [5.74, 6) is -0.991. The first-order chi connectivity index (χ1) is 25.9. The number of carbonyl (C=O) groups excluding carboxylic acids is 2. The van der Waals surface area contributed by atoms with Gasteiger partial charge in [-0.2, -0.15) is 0 Å². The van der Waals surface area contributed by atoms with Crippen LogP contribution in [0.4, 0.5) is 0 Å². The Labute approximate surface area is 329 Å². The number of phosphoric ester groups is 1. The summed E-state index contributed by atoms with van der Waals surface area (Å²) in [5.41, 5.74) is 0.672. The number of nitrogens with zero attached hydrogens (tertiary/aromatic N) is 4. The van der Waals surface area contributed by atoms with Gasteiger partial charge < -0.3 is 27.9 Å². The third-order valence-corrected chi connectivity index (χ3v) is 10.5. The summed E-state index contributed by atoms with van der Waals surface area (Å²) in [6, 6.07) is 0. The van der Waals surface area contributed by atoms with Crippen LogP contribution >= 0.6 is 7.82 Å². The molecule has 12 nitrogen and oxygen atoms in total. The topological polar surface area (TPSA) is 142 Å². The van der Waals surface area contributed by atoms with E-state index in [1.807, 2.05) is 32.0 Å². The van der Waals surface area contributed by atoms with Crippen molar-refractivity contribution in [2.75, 3.05) is 47.5 Å². The molecule has 54 heavy (non-hydrogen) atoms. The van der Waals surface area contributed by atoms with Crippen LogP contribution < -0.4 is 4.89 Å². The molecule has 0 amide bonds. The minimum Gasteiger partial charge on any atom is -0.756 e. The molecule has 316 valence electrons. The van der Waals surface area contributed by atoms with Gasteiger partial charge in [-0.3, -0.25) is 18.8 Å². The maximum atomic E-state index is 12.8. The van der Waals surface area contributed by atoms with Crippen molar-refractivity contribution in [3.63, 3.8) is 0 Å². The van der Waals surface area contributed by atoms with Crippen LogP contribution in [0.2, 0.25) is 0 Å². The predicted molar refractivity (Wildman–Crippen MR) is 214 cm³/mol. The third kappa shape index (κ3) is 31.4. The molecule has 0 spiro atoms. The number of phosphoric acid groups is 1. The number of esters is 2. The molecule has 0 bridgehead atoms. The summed E-state index contributed by atoms with van der Waals surface area (Å²) in [6.45, 7) is 4.85. The van der Waals surface area contributed by atoms with Crippen molar-refractivity contribution in [3.8, 4) is 0 Å². The standard InChI is InChI=1S/C41H79N4O8P/c1-6-8-10-12-14-16-18-19-20-21-23-25-27-29-40(46)50-36-39(37-52-54(48,49)51-34-33-45(3,4)5)53-41(47)31-30-38-35-44(43-42-38)32-28-26-24-22-17-15-13-11-9-7-2/h35,39H,6-34,36-37H2,1-5H3/t39-/m1/s1. The Morgan fingerprint density at radius 3 is 1.72 bits per heavy atom. The lowest BCUT2D eigenvalue weighted by molar-refractivity contribution is -0.870. The second kappa shape index (κ2) is 32.3. The zero-order valence-corrected chi connectivity index (χ0v) is 36.0. The number of quaternary nitrogens is 1. The average Bonchev–Trinajstić information content (AvgIpc) is 3.58. The van der Waals surface area contributed by atoms with E-state index in [4.69, 9.17) is 18.5 Å². The zero-order valence-electron chi connectivity index (χ0n) is 35.1. The van der Waals surface area contributed by atoms with E-state index in [-0.39, 0.29) is 26.1 Å². The summed E-state index contributed by atoms with van der Waals surface area (Å²) >= 11 is 0. The lowest BCUT2D eigenvalue weighted by Crippen LogP contribution is -2.37. The average molecular weight is 787 g/mol. The second-order valence-corrected chi connectivity index (χ2v) is 17.4. The molecule has 0 aliphatic carbocycles. The highest BCUT2D eigenvalue weighted by Gasteiger charge is 2.22. The van der Waals surface area contributed by atoms with Crippen LogP contribution in [0.25, 0.3) is 0 Å². The van der Waals surface area contributed by atoms with E-state index < -0.39 is 32.5 Å². The molecule has 1 rings (SSSR count). The van der Waals surface area contributed by atoms with E-state index in [2.05, 4.69) is 24.2 Å². The molecule has 0 aliphatic rings. The van der Waals surface area contributed by atoms with Crippen LogP contribution in [0.5, 0.6) is 0 Å². The molecule has 1 aromatic heterocycles. The smallest absolute Gasteiger partial charge is 0.306 e. The molecule has 0 radical (unpaired) electrons. The maximum Gasteiger partial charge on any atom is 0.306 e. The quantitative estimate of drug-likeness (QED) is 0.0276. The number of rotatable bonds is 38. The molecular weight excluding hydrogens is 707 g/mol. The number of hydrogen-bond acceptors (Lipinski definition) is 10. The summed E-state index contributed by atoms with van der Waals surface area (Å²) in [4.78, 5) is 37.7. The highest BCUT2D eigenvalue weighted by Crippen LogP contribution is 2.38. The van der Waals surface area contributed by atoms with Gasteiger partial charge in [0, 0.05) is 25.6 Å². The van der Waals surface area contributed by atoms with Gasteiger partial charge in [0.15, 0.2) is 6.10 Å². The second-order valence-electron chi connectivity index (χ2n) is 16.0. The molecule has 0 saturated carbocycles. The van der Waals surface area contributed by atoms with Gasteiger partial charge in [0.25, 0.3) is 7.82 Å². The Kier molecular flexibility index (Phi) is 30.0. The van der Waals surface area contributed by atoms with Crippen LogP contribution in [0.15, 0.2) is 6.20 Å². The van der Waals surface area contributed by atoms with Crippen molar-refractivity contribution < 1.29 is 42.1 Å². The lowest BCUT2D eigenvalue weighted by Gasteiger charge is -2.28. The van der Waals surface area contributed by atoms with Gasteiger partial charge in [-0.25, -0.2) is 0 Å². The molecule has 0 N–H and O–H groups in total. The highest BCUT2D eigenvalue weighted by molar-refractivity contribution is 7.45. The molecule has 1 aromatic rings. The van der Waals surface area contributed by atoms with Gasteiger partial charge in [-0.1, -0.05) is 154 Å². The Morgan fingerprint density at radius 1 is 0.704 bits per heavy atom. The summed E-state index contributed by atoms with van der Waals surface area (Å²) in [5, 5.41) is 8.39. The van der Waals surface area contributed by atoms with Gasteiger partial charge in [0.1, 0.15) is 19.8 Å². The minimum atomic E-state index is -4.66. The number of aryl methyl sites for hydroxylation is 2. The van der Waals surface area contributed by atoms with Crippen molar-refractivity contribution in [1.82, 2.24) is 15.0 Å². The molecule has 1 unspecified atom stereocenters. The van der Waals surface area contributed by atoms with Crippen molar-refractivity contribution in [3.05, 3.63) is 11.9 Å². The number of carbonyl (C=O) groups is 2. The van der Waals surface area contributed by atoms with Crippen molar-refractivity contribution in [2.45, 2.75) is 193 Å². The lowest BCUT2D eigenvalue weighted by atomic mass is 10.0. The van der Waals surface area contributed by atoms with Crippen LogP contribution in [-0.4, -0.2) is 85.0 Å². The van der Waals surface area contributed by atoms with Gasteiger partial charge in [-0.05, 0) is 12.8 Å². The van der Waals surface area contributed by atoms with Crippen LogP contribution in [0.1, 0.15) is 180 Å². The molecule has 1 heterocycles. The first kappa shape index (κ1) is 50.2. The fourth-order valence-electron chi connectivity index (χ4n) is 6.10. The Hall–Kier alpha value is -1.85. The number of hydrogen-bond donors (Lipinski definition) is 0. The number of aromatic nitrogens is 3. The first-order valence-electron chi connectivity index (χ1n) is 21.6. The number of unbranched alkanes of at least 4 members (excludes halogenated alkanes) is 21. The van der Waals surface area contributed by atoms with Gasteiger partial charge in [0.2, 0.25) is 0 Å².